The van der Waals surface area contributed by atoms with Crippen molar-refractivity contribution in [2.75, 3.05) is 20.1 Å². The molecule has 3 rings (SSSR count). The third-order valence-electron chi connectivity index (χ3n) is 4.27. The van der Waals surface area contributed by atoms with Crippen LogP contribution in [0.3, 0.4) is 0 Å². The lowest BCUT2D eigenvalue weighted by Gasteiger charge is -2.31. The number of thioether (sulfide) groups is 1. The maximum atomic E-state index is 12.7. The van der Waals surface area contributed by atoms with E-state index < -0.39 is 0 Å². The lowest BCUT2D eigenvalue weighted by Crippen LogP contribution is -2.44. The molecule has 1 saturated heterocycles. The molecule has 24 heavy (non-hydrogen) atoms. The van der Waals surface area contributed by atoms with Crippen LogP contribution in [0.15, 0.2) is 52.0 Å². The van der Waals surface area contributed by atoms with Crippen molar-refractivity contribution in [1.82, 2.24) is 10.2 Å². The van der Waals surface area contributed by atoms with Gasteiger partial charge in [-0.3, -0.25) is 4.79 Å². The van der Waals surface area contributed by atoms with Crippen molar-refractivity contribution >= 4 is 30.1 Å². The first-order valence-corrected chi connectivity index (χ1v) is 8.97. The molecule has 1 aromatic heterocycles. The van der Waals surface area contributed by atoms with Crippen molar-refractivity contribution < 1.29 is 9.21 Å². The summed E-state index contributed by atoms with van der Waals surface area (Å²) in [7, 11) is 1.98. The average Bonchev–Trinajstić information content (AvgIpc) is 3.09. The smallest absolute Gasteiger partial charge is 0.289 e. The molecule has 6 heteroatoms. The molecule has 0 unspecified atom stereocenters. The van der Waals surface area contributed by atoms with E-state index in [1.54, 1.807) is 18.0 Å². The molecule has 2 heterocycles. The highest BCUT2D eigenvalue weighted by molar-refractivity contribution is 7.98. The van der Waals surface area contributed by atoms with Gasteiger partial charge >= 0.3 is 0 Å². The molecule has 130 valence electrons. The standard InChI is InChI=1S/C18H22N2O2S.ClH/c1-19-15-7-10-20(11-8-15)18(21)17-14(9-12-22-17)13-23-16-5-3-2-4-6-16;/h2-6,9,12,15,19H,7-8,10-11,13H2,1H3;1H. The van der Waals surface area contributed by atoms with Gasteiger partial charge in [0.25, 0.3) is 5.91 Å². The Morgan fingerprint density at radius 1 is 1.25 bits per heavy atom. The van der Waals surface area contributed by atoms with Crippen LogP contribution in [0.2, 0.25) is 0 Å². The van der Waals surface area contributed by atoms with Crippen LogP contribution >= 0.6 is 24.2 Å². The van der Waals surface area contributed by atoms with Crippen LogP contribution in [0, 0.1) is 0 Å². The molecule has 1 aliphatic heterocycles. The predicted molar refractivity (Wildman–Crippen MR) is 99.9 cm³/mol. The molecular weight excluding hydrogens is 344 g/mol. The van der Waals surface area contributed by atoms with Crippen LogP contribution < -0.4 is 5.32 Å². The topological polar surface area (TPSA) is 45.5 Å². The molecule has 0 bridgehead atoms. The Morgan fingerprint density at radius 3 is 2.62 bits per heavy atom. The zero-order chi connectivity index (χ0) is 16.1. The number of likely N-dealkylation sites (tertiary alicyclic amines) is 1. The van der Waals surface area contributed by atoms with E-state index in [9.17, 15) is 4.79 Å². The van der Waals surface area contributed by atoms with E-state index in [0.717, 1.165) is 37.2 Å². The fraction of sp³-hybridized carbons (Fsp3) is 0.389. The van der Waals surface area contributed by atoms with Crippen molar-refractivity contribution in [2.24, 2.45) is 0 Å². The van der Waals surface area contributed by atoms with Crippen LogP contribution in [-0.4, -0.2) is 37.0 Å². The summed E-state index contributed by atoms with van der Waals surface area (Å²) in [5.41, 5.74) is 0.972. The number of amides is 1. The van der Waals surface area contributed by atoms with E-state index in [1.807, 2.05) is 36.2 Å². The Hall–Kier alpha value is -1.43. The van der Waals surface area contributed by atoms with E-state index in [0.29, 0.717) is 11.8 Å². The van der Waals surface area contributed by atoms with E-state index in [4.69, 9.17) is 4.42 Å². The van der Waals surface area contributed by atoms with Gasteiger partial charge in [-0.15, -0.1) is 24.2 Å². The van der Waals surface area contributed by atoms with Gasteiger partial charge in [-0.05, 0) is 38.1 Å². The predicted octanol–water partition coefficient (Wildman–Crippen LogP) is 3.82. The minimum absolute atomic E-state index is 0. The van der Waals surface area contributed by atoms with Gasteiger partial charge in [-0.2, -0.15) is 0 Å². The zero-order valence-corrected chi connectivity index (χ0v) is 15.4. The minimum Gasteiger partial charge on any atom is -0.459 e. The first-order valence-electron chi connectivity index (χ1n) is 7.98. The van der Waals surface area contributed by atoms with Gasteiger partial charge in [0.1, 0.15) is 0 Å². The number of nitrogens with one attached hydrogen (secondary N) is 1. The molecule has 1 aliphatic rings. The molecule has 0 saturated carbocycles. The highest BCUT2D eigenvalue weighted by atomic mass is 35.5. The molecule has 1 fully saturated rings. The Labute approximate surface area is 153 Å². The molecule has 0 atom stereocenters. The first kappa shape index (κ1) is 18.9. The number of halogens is 1. The van der Waals surface area contributed by atoms with E-state index in [-0.39, 0.29) is 18.3 Å². The highest BCUT2D eigenvalue weighted by Gasteiger charge is 2.26. The molecule has 1 N–H and O–H groups in total. The maximum Gasteiger partial charge on any atom is 0.289 e. The van der Waals surface area contributed by atoms with Gasteiger partial charge in [-0.25, -0.2) is 0 Å². The lowest BCUT2D eigenvalue weighted by molar-refractivity contribution is 0.0674. The number of benzene rings is 1. The second-order valence-electron chi connectivity index (χ2n) is 5.73. The SMILES string of the molecule is CNC1CCN(C(=O)c2occc2CSc2ccccc2)CC1.Cl. The largest absolute Gasteiger partial charge is 0.459 e. The summed E-state index contributed by atoms with van der Waals surface area (Å²) in [5.74, 6) is 1.26. The van der Waals surface area contributed by atoms with Gasteiger partial charge in [-0.1, -0.05) is 18.2 Å². The number of nitrogens with zero attached hydrogens (tertiary/aromatic N) is 1. The molecule has 0 radical (unpaired) electrons. The molecule has 1 amide bonds. The normalized spacial score (nSPS) is 15.1. The summed E-state index contributed by atoms with van der Waals surface area (Å²) in [6, 6.07) is 12.6. The summed E-state index contributed by atoms with van der Waals surface area (Å²) >= 11 is 1.72. The van der Waals surface area contributed by atoms with Gasteiger partial charge in [0.05, 0.1) is 6.26 Å². The molecular formula is C18H23ClN2O2S. The summed E-state index contributed by atoms with van der Waals surface area (Å²) in [4.78, 5) is 15.8. The van der Waals surface area contributed by atoms with Crippen LogP contribution in [0.25, 0.3) is 0 Å². The summed E-state index contributed by atoms with van der Waals surface area (Å²) in [6.07, 6.45) is 3.61. The van der Waals surface area contributed by atoms with Crippen molar-refractivity contribution in [1.29, 1.82) is 0 Å². The number of rotatable bonds is 5. The average molecular weight is 367 g/mol. The molecule has 0 spiro atoms. The molecule has 4 nitrogen and oxygen atoms in total. The second-order valence-corrected chi connectivity index (χ2v) is 6.78. The number of hydrogen-bond acceptors (Lipinski definition) is 4. The minimum atomic E-state index is 0. The number of furan rings is 1. The number of hydrogen-bond donors (Lipinski definition) is 1. The van der Waals surface area contributed by atoms with Crippen LogP contribution in [-0.2, 0) is 5.75 Å². The van der Waals surface area contributed by atoms with Crippen LogP contribution in [0.4, 0.5) is 0 Å². The summed E-state index contributed by atoms with van der Waals surface area (Å²) < 4.78 is 5.50. The number of carbonyl (C=O) groups is 1. The Morgan fingerprint density at radius 2 is 1.96 bits per heavy atom. The quantitative estimate of drug-likeness (QED) is 0.817. The summed E-state index contributed by atoms with van der Waals surface area (Å²) in [5, 5.41) is 3.28. The van der Waals surface area contributed by atoms with E-state index in [1.165, 1.54) is 4.90 Å². The third kappa shape index (κ3) is 4.56. The fourth-order valence-electron chi connectivity index (χ4n) is 2.83. The van der Waals surface area contributed by atoms with Crippen LogP contribution in [0.5, 0.6) is 0 Å². The Bertz CT molecular complexity index is 639. The van der Waals surface area contributed by atoms with Crippen molar-refractivity contribution in [3.8, 4) is 0 Å². The fourth-order valence-corrected chi connectivity index (χ4v) is 3.73. The summed E-state index contributed by atoms with van der Waals surface area (Å²) in [6.45, 7) is 1.58. The number of carbonyl (C=O) groups excluding carboxylic acids is 1. The first-order chi connectivity index (χ1) is 11.3. The Balaban J connectivity index is 0.00000208. The van der Waals surface area contributed by atoms with Crippen molar-refractivity contribution in [3.05, 3.63) is 54.0 Å². The molecule has 2 aromatic rings. The van der Waals surface area contributed by atoms with Crippen LogP contribution in [0.1, 0.15) is 29.0 Å². The lowest BCUT2D eigenvalue weighted by atomic mass is 10.0. The zero-order valence-electron chi connectivity index (χ0n) is 13.7. The highest BCUT2D eigenvalue weighted by Crippen LogP contribution is 2.26. The van der Waals surface area contributed by atoms with Gasteiger partial charge in [0.15, 0.2) is 5.76 Å². The Kier molecular flexibility index (Phi) is 7.21. The number of piperidine rings is 1. The molecule has 1 aromatic carbocycles. The van der Waals surface area contributed by atoms with E-state index in [2.05, 4.69) is 17.4 Å². The van der Waals surface area contributed by atoms with Gasteiger partial charge < -0.3 is 14.6 Å². The third-order valence-corrected chi connectivity index (χ3v) is 5.33. The maximum absolute atomic E-state index is 12.7. The van der Waals surface area contributed by atoms with Crippen molar-refractivity contribution in [3.63, 3.8) is 0 Å². The van der Waals surface area contributed by atoms with Gasteiger partial charge in [0.2, 0.25) is 0 Å². The monoisotopic (exact) mass is 366 g/mol. The molecule has 0 aliphatic carbocycles. The van der Waals surface area contributed by atoms with Crippen molar-refractivity contribution in [2.45, 2.75) is 29.5 Å². The van der Waals surface area contributed by atoms with Gasteiger partial charge in [0, 0.05) is 35.3 Å². The van der Waals surface area contributed by atoms with E-state index >= 15 is 0 Å². The second kappa shape index (κ2) is 9.16.